The summed E-state index contributed by atoms with van der Waals surface area (Å²) in [5.41, 5.74) is 0. The molecule has 0 radical (unpaired) electrons. The average molecular weight is 431 g/mol. The molecule has 1 amide bonds. The summed E-state index contributed by atoms with van der Waals surface area (Å²) in [7, 11) is -3.51. The SMILES string of the molecule is O=C(C[NH+]1CCN(S(=O)(=O)c2ccc3ccccc3c2)CC1)NCC1CCCCC1. The number of quaternary nitrogens is 1. The predicted octanol–water partition coefficient (Wildman–Crippen LogP) is 1.43. The minimum Gasteiger partial charge on any atom is -0.351 e. The Morgan fingerprint density at radius 3 is 2.43 bits per heavy atom. The van der Waals surface area contributed by atoms with E-state index in [-0.39, 0.29) is 5.91 Å². The van der Waals surface area contributed by atoms with Crippen molar-refractivity contribution < 1.29 is 18.1 Å². The van der Waals surface area contributed by atoms with Gasteiger partial charge in [0, 0.05) is 6.54 Å². The number of benzene rings is 2. The van der Waals surface area contributed by atoms with Crippen molar-refractivity contribution in [3.8, 4) is 0 Å². The Balaban J connectivity index is 1.29. The highest BCUT2D eigenvalue weighted by atomic mass is 32.2. The fourth-order valence-corrected chi connectivity index (χ4v) is 6.11. The molecule has 0 aromatic heterocycles. The molecule has 1 saturated carbocycles. The summed E-state index contributed by atoms with van der Waals surface area (Å²) >= 11 is 0. The number of sulfonamides is 1. The lowest BCUT2D eigenvalue weighted by atomic mass is 9.89. The second-order valence-corrected chi connectivity index (χ2v) is 10.6. The number of fused-ring (bicyclic) bond motifs is 1. The highest BCUT2D eigenvalue weighted by molar-refractivity contribution is 7.89. The third kappa shape index (κ3) is 5.02. The first-order chi connectivity index (χ1) is 14.5. The van der Waals surface area contributed by atoms with Crippen molar-refractivity contribution in [3.63, 3.8) is 0 Å². The van der Waals surface area contributed by atoms with Crippen molar-refractivity contribution in [2.75, 3.05) is 39.3 Å². The summed E-state index contributed by atoms with van der Waals surface area (Å²) in [5, 5.41) is 5.05. The largest absolute Gasteiger partial charge is 0.351 e. The van der Waals surface area contributed by atoms with Gasteiger partial charge in [-0.15, -0.1) is 0 Å². The van der Waals surface area contributed by atoms with Gasteiger partial charge in [0.2, 0.25) is 10.0 Å². The second-order valence-electron chi connectivity index (χ2n) is 8.65. The number of hydrogen-bond acceptors (Lipinski definition) is 3. The Labute approximate surface area is 179 Å². The molecule has 0 atom stereocenters. The highest BCUT2D eigenvalue weighted by Crippen LogP contribution is 2.23. The molecular formula is C23H32N3O3S+. The van der Waals surface area contributed by atoms with E-state index >= 15 is 0 Å². The smallest absolute Gasteiger partial charge is 0.275 e. The number of nitrogens with one attached hydrogen (secondary N) is 2. The van der Waals surface area contributed by atoms with Crippen molar-refractivity contribution in [3.05, 3.63) is 42.5 Å². The first-order valence-electron chi connectivity index (χ1n) is 11.1. The van der Waals surface area contributed by atoms with Gasteiger partial charge < -0.3 is 10.2 Å². The summed E-state index contributed by atoms with van der Waals surface area (Å²) in [5.74, 6) is 0.711. The third-order valence-electron chi connectivity index (χ3n) is 6.51. The number of piperazine rings is 1. The monoisotopic (exact) mass is 430 g/mol. The number of carbonyl (C=O) groups is 1. The van der Waals surface area contributed by atoms with Crippen LogP contribution in [0.2, 0.25) is 0 Å². The van der Waals surface area contributed by atoms with Crippen LogP contribution >= 0.6 is 0 Å². The molecule has 2 fully saturated rings. The standard InChI is InChI=1S/C23H31N3O3S/c27-23(24-17-19-6-2-1-3-7-19)18-25-12-14-26(15-13-25)30(28,29)22-11-10-20-8-4-5-9-21(20)16-22/h4-5,8-11,16,19H,1-3,6-7,12-15,17-18H2,(H,24,27)/p+1. The Morgan fingerprint density at radius 2 is 1.70 bits per heavy atom. The summed E-state index contributed by atoms with van der Waals surface area (Å²) in [6, 6.07) is 13.1. The van der Waals surface area contributed by atoms with Crippen molar-refractivity contribution >= 4 is 26.7 Å². The summed E-state index contributed by atoms with van der Waals surface area (Å²) in [6.07, 6.45) is 6.32. The van der Waals surface area contributed by atoms with Crippen LogP contribution in [0.5, 0.6) is 0 Å². The number of hydrogen-bond donors (Lipinski definition) is 2. The predicted molar refractivity (Wildman–Crippen MR) is 118 cm³/mol. The molecular weight excluding hydrogens is 398 g/mol. The first-order valence-corrected chi connectivity index (χ1v) is 12.6. The zero-order valence-electron chi connectivity index (χ0n) is 17.5. The van der Waals surface area contributed by atoms with Gasteiger partial charge in [0.1, 0.15) is 0 Å². The summed E-state index contributed by atoms with van der Waals surface area (Å²) in [6.45, 7) is 3.42. The Bertz CT molecular complexity index is 978. The molecule has 1 heterocycles. The van der Waals surface area contributed by atoms with Crippen LogP contribution in [0.4, 0.5) is 0 Å². The molecule has 1 aliphatic carbocycles. The van der Waals surface area contributed by atoms with Crippen LogP contribution in [0, 0.1) is 5.92 Å². The Kier molecular flexibility index (Phi) is 6.71. The van der Waals surface area contributed by atoms with Crippen LogP contribution in [0.1, 0.15) is 32.1 Å². The molecule has 2 aromatic rings. The lowest BCUT2D eigenvalue weighted by Gasteiger charge is -2.31. The molecule has 2 aliphatic rings. The first kappa shape index (κ1) is 21.3. The third-order valence-corrected chi connectivity index (χ3v) is 8.41. The van der Waals surface area contributed by atoms with Gasteiger partial charge in [-0.1, -0.05) is 49.6 Å². The van der Waals surface area contributed by atoms with E-state index in [1.165, 1.54) is 32.1 Å². The van der Waals surface area contributed by atoms with E-state index in [2.05, 4.69) is 5.32 Å². The molecule has 2 aromatic carbocycles. The average Bonchev–Trinajstić information content (AvgIpc) is 2.78. The van der Waals surface area contributed by atoms with Gasteiger partial charge in [-0.25, -0.2) is 8.42 Å². The topological polar surface area (TPSA) is 70.9 Å². The molecule has 162 valence electrons. The minimum atomic E-state index is -3.51. The maximum absolute atomic E-state index is 13.1. The van der Waals surface area contributed by atoms with Crippen LogP contribution in [-0.2, 0) is 14.8 Å². The quantitative estimate of drug-likeness (QED) is 0.728. The van der Waals surface area contributed by atoms with Gasteiger partial charge >= 0.3 is 0 Å². The van der Waals surface area contributed by atoms with Crippen molar-refractivity contribution in [1.82, 2.24) is 9.62 Å². The van der Waals surface area contributed by atoms with Gasteiger partial charge in [-0.2, -0.15) is 4.31 Å². The number of carbonyl (C=O) groups excluding carboxylic acids is 1. The molecule has 1 aliphatic heterocycles. The fourth-order valence-electron chi connectivity index (χ4n) is 4.64. The van der Waals surface area contributed by atoms with Crippen LogP contribution < -0.4 is 10.2 Å². The minimum absolute atomic E-state index is 0.0846. The van der Waals surface area contributed by atoms with E-state index in [9.17, 15) is 13.2 Å². The number of rotatable bonds is 6. The fraction of sp³-hybridized carbons (Fsp3) is 0.522. The van der Waals surface area contributed by atoms with E-state index in [0.717, 1.165) is 22.2 Å². The van der Waals surface area contributed by atoms with Crippen LogP contribution in [0.15, 0.2) is 47.4 Å². The Morgan fingerprint density at radius 1 is 1.00 bits per heavy atom. The summed E-state index contributed by atoms with van der Waals surface area (Å²) in [4.78, 5) is 13.8. The van der Waals surface area contributed by atoms with Crippen LogP contribution in [0.3, 0.4) is 0 Å². The zero-order valence-corrected chi connectivity index (χ0v) is 18.3. The van der Waals surface area contributed by atoms with Gasteiger partial charge in [0.05, 0.1) is 31.1 Å². The normalized spacial score (nSPS) is 19.7. The Hall–Kier alpha value is -1.96. The molecule has 2 N–H and O–H groups in total. The molecule has 4 rings (SSSR count). The van der Waals surface area contributed by atoms with Gasteiger partial charge in [-0.05, 0) is 41.7 Å². The maximum atomic E-state index is 13.1. The van der Waals surface area contributed by atoms with E-state index in [1.807, 2.05) is 30.3 Å². The molecule has 30 heavy (non-hydrogen) atoms. The van der Waals surface area contributed by atoms with Crippen LogP contribution in [0.25, 0.3) is 10.8 Å². The van der Waals surface area contributed by atoms with Crippen molar-refractivity contribution in [2.45, 2.75) is 37.0 Å². The van der Waals surface area contributed by atoms with Crippen molar-refractivity contribution in [2.24, 2.45) is 5.92 Å². The molecule has 0 bridgehead atoms. The molecule has 1 saturated heterocycles. The van der Waals surface area contributed by atoms with E-state index in [1.54, 1.807) is 16.4 Å². The van der Waals surface area contributed by atoms with E-state index < -0.39 is 10.0 Å². The maximum Gasteiger partial charge on any atom is 0.275 e. The summed E-state index contributed by atoms with van der Waals surface area (Å²) < 4.78 is 27.7. The highest BCUT2D eigenvalue weighted by Gasteiger charge is 2.31. The second kappa shape index (κ2) is 9.45. The lowest BCUT2D eigenvalue weighted by Crippen LogP contribution is -3.15. The van der Waals surface area contributed by atoms with E-state index in [0.29, 0.717) is 43.5 Å². The molecule has 0 unspecified atom stereocenters. The van der Waals surface area contributed by atoms with Gasteiger partial charge in [0.15, 0.2) is 6.54 Å². The molecule has 6 nitrogen and oxygen atoms in total. The molecule has 7 heteroatoms. The molecule has 0 spiro atoms. The zero-order chi connectivity index (χ0) is 21.0. The van der Waals surface area contributed by atoms with Gasteiger partial charge in [-0.3, -0.25) is 4.79 Å². The van der Waals surface area contributed by atoms with Crippen molar-refractivity contribution in [1.29, 1.82) is 0 Å². The van der Waals surface area contributed by atoms with Gasteiger partial charge in [0.25, 0.3) is 5.91 Å². The number of amides is 1. The van der Waals surface area contributed by atoms with E-state index in [4.69, 9.17) is 0 Å². The van der Waals surface area contributed by atoms with Crippen LogP contribution in [-0.4, -0.2) is 57.9 Å². The lowest BCUT2D eigenvalue weighted by molar-refractivity contribution is -0.895. The number of nitrogens with zero attached hydrogens (tertiary/aromatic N) is 1.